The number of benzene rings is 2. The van der Waals surface area contributed by atoms with E-state index in [1.54, 1.807) is 24.3 Å². The molecule has 1 amide bonds. The Bertz CT molecular complexity index is 1290. The highest BCUT2D eigenvalue weighted by Gasteiger charge is 2.45. The van der Waals surface area contributed by atoms with E-state index in [1.807, 2.05) is 0 Å². The Labute approximate surface area is 232 Å². The van der Waals surface area contributed by atoms with E-state index in [9.17, 15) is 28.3 Å². The molecular weight excluding hydrogens is 545 g/mol. The van der Waals surface area contributed by atoms with Gasteiger partial charge in [0.1, 0.15) is 11.8 Å². The maximum atomic E-state index is 12.8. The molecule has 0 aliphatic rings. The van der Waals surface area contributed by atoms with E-state index in [4.69, 9.17) is 13.7 Å². The lowest BCUT2D eigenvalue weighted by molar-refractivity contribution is -0.174. The Hall–Kier alpha value is -3.03. The van der Waals surface area contributed by atoms with Gasteiger partial charge in [0.2, 0.25) is 0 Å². The number of amides is 1. The predicted octanol–water partition coefficient (Wildman–Crippen LogP) is 6.40. The molecule has 2 atom stereocenters. The molecule has 0 saturated carbocycles. The van der Waals surface area contributed by atoms with Crippen molar-refractivity contribution in [2.24, 2.45) is 0 Å². The summed E-state index contributed by atoms with van der Waals surface area (Å²) in [6.45, 7) is 11.8. The van der Waals surface area contributed by atoms with Gasteiger partial charge in [-0.1, -0.05) is 62.3 Å². The third kappa shape index (κ3) is 7.18. The van der Waals surface area contributed by atoms with Gasteiger partial charge >= 0.3 is 6.18 Å². The summed E-state index contributed by atoms with van der Waals surface area (Å²) >= 11 is 0. The average molecular weight is 581 g/mol. The van der Waals surface area contributed by atoms with Crippen LogP contribution >= 0.6 is 0 Å². The quantitative estimate of drug-likeness (QED) is 0.145. The van der Waals surface area contributed by atoms with Crippen molar-refractivity contribution >= 4 is 14.2 Å². The fourth-order valence-electron chi connectivity index (χ4n) is 3.53. The molecule has 0 spiro atoms. The van der Waals surface area contributed by atoms with Gasteiger partial charge in [0.15, 0.2) is 19.7 Å². The number of aromatic nitrogens is 1. The number of halogens is 3. The van der Waals surface area contributed by atoms with Gasteiger partial charge in [-0.05, 0) is 53.9 Å². The number of alkyl halides is 3. The van der Waals surface area contributed by atoms with E-state index in [1.165, 1.54) is 30.6 Å². The first-order valence-electron chi connectivity index (χ1n) is 12.6. The molecule has 0 bridgehead atoms. The molecule has 0 aliphatic heterocycles. The molecule has 2 aromatic carbocycles. The van der Waals surface area contributed by atoms with Crippen molar-refractivity contribution in [2.45, 2.75) is 76.9 Å². The van der Waals surface area contributed by atoms with E-state index in [0.717, 1.165) is 12.1 Å². The van der Waals surface area contributed by atoms with E-state index in [-0.39, 0.29) is 23.9 Å². The van der Waals surface area contributed by atoms with Gasteiger partial charge in [0, 0.05) is 6.07 Å². The molecule has 3 aromatic rings. The van der Waals surface area contributed by atoms with Gasteiger partial charge in [-0.25, -0.2) is 5.48 Å². The topological polar surface area (TPSA) is 114 Å². The standard InChI is InChI=1S/C28H35F3N2O6Si/c1-26(2,3)40(5,6)38-17-22-15-23(33-39-22)24(34)27(4,25(35)32-36)37-16-18-7-9-19(10-8-18)20-11-13-21(14-12-20)28(29,30)31/h7-15,24,34,36H,16-17H2,1-6H3,(H,32,35)/t24-,27-/m0/s1. The number of carbonyl (C=O) groups is 1. The molecule has 1 heterocycles. The largest absolute Gasteiger partial charge is 0.416 e. The molecule has 3 rings (SSSR count). The summed E-state index contributed by atoms with van der Waals surface area (Å²) in [6, 6.07) is 13.0. The molecule has 0 fully saturated rings. The Balaban J connectivity index is 1.71. The summed E-state index contributed by atoms with van der Waals surface area (Å²) < 4.78 is 55.7. The number of nitrogens with zero attached hydrogens (tertiary/aromatic N) is 1. The number of hydrogen-bond acceptors (Lipinski definition) is 7. The van der Waals surface area contributed by atoms with Crippen LogP contribution in [0.5, 0.6) is 0 Å². The average Bonchev–Trinajstić information content (AvgIpc) is 3.38. The van der Waals surface area contributed by atoms with E-state index in [0.29, 0.717) is 22.5 Å². The summed E-state index contributed by atoms with van der Waals surface area (Å²) in [6.07, 6.45) is -6.01. The molecule has 0 unspecified atom stereocenters. The molecule has 0 aliphatic carbocycles. The van der Waals surface area contributed by atoms with Gasteiger partial charge < -0.3 is 18.8 Å². The third-order valence-electron chi connectivity index (χ3n) is 7.35. The molecule has 0 saturated heterocycles. The van der Waals surface area contributed by atoms with Crippen LogP contribution in [0.3, 0.4) is 0 Å². The van der Waals surface area contributed by atoms with Crippen molar-refractivity contribution in [1.29, 1.82) is 0 Å². The number of carbonyl (C=O) groups excluding carboxylic acids is 1. The molecule has 0 radical (unpaired) electrons. The minimum Gasteiger partial charge on any atom is -0.409 e. The summed E-state index contributed by atoms with van der Waals surface area (Å²) in [5.41, 5.74) is 0.764. The minimum atomic E-state index is -4.41. The monoisotopic (exact) mass is 580 g/mol. The molecule has 8 nitrogen and oxygen atoms in total. The lowest BCUT2D eigenvalue weighted by Crippen LogP contribution is -2.50. The van der Waals surface area contributed by atoms with Crippen LogP contribution in [0.25, 0.3) is 11.1 Å². The normalized spacial score (nSPS) is 15.0. The number of aliphatic hydroxyl groups is 1. The smallest absolute Gasteiger partial charge is 0.409 e. The van der Waals surface area contributed by atoms with Crippen LogP contribution in [0, 0.1) is 0 Å². The van der Waals surface area contributed by atoms with Crippen LogP contribution < -0.4 is 5.48 Å². The summed E-state index contributed by atoms with van der Waals surface area (Å²) in [5, 5.41) is 24.2. The fraction of sp³-hybridized carbons (Fsp3) is 0.429. The van der Waals surface area contributed by atoms with Crippen molar-refractivity contribution in [3.63, 3.8) is 0 Å². The lowest BCUT2D eigenvalue weighted by atomic mass is 9.95. The number of aliphatic hydroxyl groups excluding tert-OH is 1. The maximum Gasteiger partial charge on any atom is 0.416 e. The minimum absolute atomic E-state index is 0.0169. The Morgan fingerprint density at radius 3 is 2.05 bits per heavy atom. The van der Waals surface area contributed by atoms with Gasteiger partial charge in [-0.15, -0.1) is 0 Å². The van der Waals surface area contributed by atoms with Crippen molar-refractivity contribution in [3.05, 3.63) is 77.2 Å². The van der Waals surface area contributed by atoms with Crippen LogP contribution in [-0.4, -0.2) is 35.3 Å². The number of hydrogen-bond donors (Lipinski definition) is 3. The zero-order chi connectivity index (χ0) is 29.9. The first-order chi connectivity index (χ1) is 18.5. The Morgan fingerprint density at radius 2 is 1.55 bits per heavy atom. The Morgan fingerprint density at radius 1 is 1.00 bits per heavy atom. The van der Waals surface area contributed by atoms with Crippen LogP contribution in [0.15, 0.2) is 59.1 Å². The van der Waals surface area contributed by atoms with Crippen molar-refractivity contribution in [3.8, 4) is 11.1 Å². The predicted molar refractivity (Wildman–Crippen MR) is 143 cm³/mol. The molecule has 3 N–H and O–H groups in total. The summed E-state index contributed by atoms with van der Waals surface area (Å²) in [7, 11) is -2.07. The van der Waals surface area contributed by atoms with Crippen molar-refractivity contribution in [2.75, 3.05) is 0 Å². The van der Waals surface area contributed by atoms with E-state index >= 15 is 0 Å². The fourth-order valence-corrected chi connectivity index (χ4v) is 4.47. The van der Waals surface area contributed by atoms with E-state index in [2.05, 4.69) is 39.0 Å². The number of ether oxygens (including phenoxy) is 1. The maximum absolute atomic E-state index is 12.8. The number of rotatable bonds is 10. The molecule has 218 valence electrons. The zero-order valence-electron chi connectivity index (χ0n) is 23.3. The van der Waals surface area contributed by atoms with Crippen molar-refractivity contribution < 1.29 is 42.0 Å². The Kier molecular flexibility index (Phi) is 9.32. The highest BCUT2D eigenvalue weighted by molar-refractivity contribution is 6.74. The molecular formula is C28H35F3N2O6Si. The highest BCUT2D eigenvalue weighted by Crippen LogP contribution is 2.37. The first kappa shape index (κ1) is 31.5. The van der Waals surface area contributed by atoms with Gasteiger partial charge in [-0.3, -0.25) is 10.0 Å². The highest BCUT2D eigenvalue weighted by atomic mass is 28.4. The van der Waals surface area contributed by atoms with E-state index < -0.39 is 37.7 Å². The van der Waals surface area contributed by atoms with Crippen LogP contribution in [0.2, 0.25) is 18.1 Å². The van der Waals surface area contributed by atoms with Gasteiger partial charge in [0.25, 0.3) is 5.91 Å². The second kappa shape index (κ2) is 11.8. The second-order valence-corrected chi connectivity index (χ2v) is 16.1. The summed E-state index contributed by atoms with van der Waals surface area (Å²) in [4.78, 5) is 12.6. The second-order valence-electron chi connectivity index (χ2n) is 11.3. The summed E-state index contributed by atoms with van der Waals surface area (Å²) in [5.74, 6) is -0.632. The van der Waals surface area contributed by atoms with Gasteiger partial charge in [0.05, 0.1) is 18.8 Å². The third-order valence-corrected chi connectivity index (χ3v) is 11.8. The number of nitrogens with one attached hydrogen (secondary N) is 1. The van der Waals surface area contributed by atoms with Gasteiger partial charge in [-0.2, -0.15) is 13.2 Å². The number of hydroxylamine groups is 1. The van der Waals surface area contributed by atoms with Crippen LogP contribution in [0.1, 0.15) is 56.4 Å². The first-order valence-corrected chi connectivity index (χ1v) is 15.5. The van der Waals surface area contributed by atoms with Crippen molar-refractivity contribution in [1.82, 2.24) is 10.6 Å². The molecule has 1 aromatic heterocycles. The zero-order valence-corrected chi connectivity index (χ0v) is 24.3. The van der Waals surface area contributed by atoms with Crippen LogP contribution in [0.4, 0.5) is 13.2 Å². The van der Waals surface area contributed by atoms with Crippen LogP contribution in [-0.2, 0) is 33.3 Å². The molecule has 40 heavy (non-hydrogen) atoms. The lowest BCUT2D eigenvalue weighted by Gasteiger charge is -2.35. The molecule has 12 heteroatoms. The SMILES string of the molecule is CC(C)(C)[Si](C)(C)OCc1cc([C@H](O)[C@](C)(OCc2ccc(-c3ccc(C(F)(F)F)cc3)cc2)C(=O)NO)no1.